The molecule has 2 heterocycles. The van der Waals surface area contributed by atoms with E-state index < -0.39 is 17.9 Å². The Morgan fingerprint density at radius 2 is 1.60 bits per heavy atom. The molecule has 0 aliphatic carbocycles. The largest absolute Gasteiger partial charge is 0.436 e. The molecule has 0 bridgehead atoms. The van der Waals surface area contributed by atoms with Crippen LogP contribution in [0, 0.1) is 0 Å². The first kappa shape index (κ1) is 18.5. The lowest BCUT2D eigenvalue weighted by molar-refractivity contribution is -0.109. The zero-order valence-electron chi connectivity index (χ0n) is 16.4. The summed E-state index contributed by atoms with van der Waals surface area (Å²) in [5, 5.41) is 13.0. The van der Waals surface area contributed by atoms with E-state index in [1.165, 1.54) is 4.90 Å². The number of para-hydroxylation sites is 1. The fourth-order valence-corrected chi connectivity index (χ4v) is 4.28. The average Bonchev–Trinajstić information content (AvgIpc) is 3.32. The number of aromatic nitrogens is 1. The molecule has 5 rings (SSSR count). The van der Waals surface area contributed by atoms with E-state index in [4.69, 9.17) is 4.74 Å². The minimum absolute atomic E-state index is 0.329. The van der Waals surface area contributed by atoms with E-state index in [2.05, 4.69) is 11.1 Å². The quantitative estimate of drug-likeness (QED) is 0.510. The lowest BCUT2D eigenvalue weighted by Gasteiger charge is -2.34. The second kappa shape index (κ2) is 7.35. The Kier molecular flexibility index (Phi) is 4.52. The van der Waals surface area contributed by atoms with Crippen molar-refractivity contribution in [2.75, 3.05) is 6.54 Å². The fraction of sp³-hybridized carbons (Fsp3) is 0.160. The van der Waals surface area contributed by atoms with Crippen molar-refractivity contribution in [1.82, 2.24) is 9.88 Å². The number of carbonyl (C=O) groups excluding carboxylic acids is 1. The van der Waals surface area contributed by atoms with Gasteiger partial charge in [-0.15, -0.1) is 0 Å². The molecule has 5 nitrogen and oxygen atoms in total. The van der Waals surface area contributed by atoms with Crippen molar-refractivity contribution in [3.8, 4) is 0 Å². The molecule has 2 atom stereocenters. The molecular weight excluding hydrogens is 376 g/mol. The first-order chi connectivity index (χ1) is 14.7. The van der Waals surface area contributed by atoms with E-state index in [0.29, 0.717) is 18.5 Å². The van der Waals surface area contributed by atoms with Gasteiger partial charge in [0.1, 0.15) is 0 Å². The van der Waals surface area contributed by atoms with Crippen LogP contribution in [0.1, 0.15) is 22.8 Å². The topological polar surface area (TPSA) is 65.6 Å². The Bertz CT molecular complexity index is 1170. The molecule has 0 spiro atoms. The van der Waals surface area contributed by atoms with Crippen molar-refractivity contribution in [2.24, 2.45) is 0 Å². The first-order valence-electron chi connectivity index (χ1n) is 10.0. The summed E-state index contributed by atoms with van der Waals surface area (Å²) in [6.45, 7) is 0.329. The molecule has 30 heavy (non-hydrogen) atoms. The van der Waals surface area contributed by atoms with E-state index >= 15 is 0 Å². The van der Waals surface area contributed by atoms with Gasteiger partial charge < -0.3 is 14.8 Å². The van der Waals surface area contributed by atoms with Gasteiger partial charge in [-0.2, -0.15) is 0 Å². The number of aromatic amines is 1. The number of hydrogen-bond donors (Lipinski definition) is 2. The normalized spacial score (nSPS) is 21.2. The van der Waals surface area contributed by atoms with Gasteiger partial charge in [0.15, 0.2) is 6.10 Å². The Hall–Kier alpha value is -3.57. The maximum atomic E-state index is 12.9. The summed E-state index contributed by atoms with van der Waals surface area (Å²) in [6, 6.07) is 26.7. The van der Waals surface area contributed by atoms with Gasteiger partial charge in [-0.05, 0) is 23.6 Å². The van der Waals surface area contributed by atoms with Crippen molar-refractivity contribution >= 4 is 17.0 Å². The van der Waals surface area contributed by atoms with Crippen LogP contribution in [0.25, 0.3) is 10.9 Å². The third kappa shape index (κ3) is 2.95. The van der Waals surface area contributed by atoms with Gasteiger partial charge in [0.05, 0.1) is 0 Å². The van der Waals surface area contributed by atoms with Gasteiger partial charge in [0, 0.05) is 29.2 Å². The zero-order valence-corrected chi connectivity index (χ0v) is 16.4. The summed E-state index contributed by atoms with van der Waals surface area (Å²) in [4.78, 5) is 17.6. The van der Waals surface area contributed by atoms with E-state index in [9.17, 15) is 9.90 Å². The number of carbonyl (C=O) groups is 1. The lowest BCUT2D eigenvalue weighted by Crippen LogP contribution is -2.46. The average molecular weight is 398 g/mol. The number of amides is 1. The van der Waals surface area contributed by atoms with Crippen LogP contribution >= 0.6 is 0 Å². The van der Waals surface area contributed by atoms with Gasteiger partial charge in [0.25, 0.3) is 0 Å². The molecule has 1 aliphatic rings. The highest BCUT2D eigenvalue weighted by molar-refractivity contribution is 5.83. The molecule has 150 valence electrons. The molecule has 1 fully saturated rings. The van der Waals surface area contributed by atoms with Gasteiger partial charge in [-0.3, -0.25) is 4.90 Å². The number of ether oxygens (including phenoxy) is 1. The minimum atomic E-state index is -1.59. The van der Waals surface area contributed by atoms with Crippen molar-refractivity contribution in [1.29, 1.82) is 0 Å². The SMILES string of the molecule is O=C1O[C@@H](c2ccccc2)[C@](O)(c2ccccc2)N1CCc1c[nH]c2ccccc12. The van der Waals surface area contributed by atoms with Gasteiger partial charge in [-0.1, -0.05) is 78.9 Å². The molecule has 1 aromatic heterocycles. The maximum absolute atomic E-state index is 12.9. The molecule has 2 N–H and O–H groups in total. The molecule has 3 aromatic carbocycles. The minimum Gasteiger partial charge on any atom is -0.436 e. The van der Waals surface area contributed by atoms with Gasteiger partial charge in [-0.25, -0.2) is 4.79 Å². The summed E-state index contributed by atoms with van der Waals surface area (Å²) in [6.07, 6.45) is 1.23. The Morgan fingerprint density at radius 1 is 0.933 bits per heavy atom. The number of H-pyrrole nitrogens is 1. The number of nitrogens with zero attached hydrogens (tertiary/aromatic N) is 1. The molecule has 1 amide bonds. The van der Waals surface area contributed by atoms with Crippen LogP contribution in [0.5, 0.6) is 0 Å². The van der Waals surface area contributed by atoms with Crippen molar-refractivity contribution in [3.05, 3.63) is 108 Å². The van der Waals surface area contributed by atoms with Crippen LogP contribution in [0.15, 0.2) is 91.1 Å². The van der Waals surface area contributed by atoms with E-state index in [-0.39, 0.29) is 0 Å². The Labute approximate surface area is 174 Å². The number of aliphatic hydroxyl groups is 1. The number of fused-ring (bicyclic) bond motifs is 1. The zero-order chi connectivity index (χ0) is 20.6. The van der Waals surface area contributed by atoms with Crippen molar-refractivity contribution in [3.63, 3.8) is 0 Å². The summed E-state index contributed by atoms with van der Waals surface area (Å²) in [7, 11) is 0. The molecule has 0 unspecified atom stereocenters. The number of benzene rings is 3. The molecule has 5 heteroatoms. The van der Waals surface area contributed by atoms with Crippen LogP contribution in [0.2, 0.25) is 0 Å². The van der Waals surface area contributed by atoms with E-state index in [0.717, 1.165) is 22.0 Å². The van der Waals surface area contributed by atoms with Crippen molar-refractivity contribution < 1.29 is 14.6 Å². The van der Waals surface area contributed by atoms with Crippen molar-refractivity contribution in [2.45, 2.75) is 18.2 Å². The summed E-state index contributed by atoms with van der Waals surface area (Å²) in [5.41, 5.74) is 1.94. The summed E-state index contributed by atoms with van der Waals surface area (Å²) < 4.78 is 5.72. The summed E-state index contributed by atoms with van der Waals surface area (Å²) >= 11 is 0. The predicted molar refractivity (Wildman–Crippen MR) is 115 cm³/mol. The molecule has 0 saturated carbocycles. The molecule has 0 radical (unpaired) electrons. The number of cyclic esters (lactones) is 1. The number of nitrogens with one attached hydrogen (secondary N) is 1. The fourth-order valence-electron chi connectivity index (χ4n) is 4.28. The highest BCUT2D eigenvalue weighted by atomic mass is 16.6. The maximum Gasteiger partial charge on any atom is 0.413 e. The van der Waals surface area contributed by atoms with Gasteiger partial charge >= 0.3 is 6.09 Å². The molecule has 1 saturated heterocycles. The second-order valence-electron chi connectivity index (χ2n) is 7.53. The molecule has 4 aromatic rings. The predicted octanol–water partition coefficient (Wildman–Crippen LogP) is 4.75. The van der Waals surface area contributed by atoms with Gasteiger partial charge in [0.2, 0.25) is 5.72 Å². The van der Waals surface area contributed by atoms with Crippen LogP contribution in [0.4, 0.5) is 4.79 Å². The number of rotatable bonds is 5. The van der Waals surface area contributed by atoms with E-state index in [1.54, 1.807) is 0 Å². The second-order valence-corrected chi connectivity index (χ2v) is 7.53. The summed E-state index contributed by atoms with van der Waals surface area (Å²) in [5.74, 6) is 0. The standard InChI is InChI=1S/C25H22N2O3/c28-24-27(16-15-19-17-26-22-14-8-7-13-21(19)22)25(29,20-11-5-2-6-12-20)23(30-24)18-9-3-1-4-10-18/h1-14,17,23,26,29H,15-16H2/t23-,25+/m0/s1. The number of hydrogen-bond acceptors (Lipinski definition) is 3. The van der Waals surface area contributed by atoms with E-state index in [1.807, 2.05) is 85.1 Å². The molecular formula is C25H22N2O3. The van der Waals surface area contributed by atoms with Crippen LogP contribution in [-0.2, 0) is 16.9 Å². The highest BCUT2D eigenvalue weighted by Crippen LogP contribution is 2.46. The molecule has 1 aliphatic heterocycles. The smallest absolute Gasteiger partial charge is 0.413 e. The Balaban J connectivity index is 1.51. The monoisotopic (exact) mass is 398 g/mol. The Morgan fingerprint density at radius 3 is 2.37 bits per heavy atom. The third-order valence-corrected chi connectivity index (χ3v) is 5.80. The van der Waals surface area contributed by atoms with Crippen LogP contribution in [-0.4, -0.2) is 27.6 Å². The van der Waals surface area contributed by atoms with Crippen LogP contribution < -0.4 is 0 Å². The first-order valence-corrected chi connectivity index (χ1v) is 10.0. The highest BCUT2D eigenvalue weighted by Gasteiger charge is 2.55. The third-order valence-electron chi connectivity index (χ3n) is 5.80. The lowest BCUT2D eigenvalue weighted by atomic mass is 9.91. The van der Waals surface area contributed by atoms with Crippen LogP contribution in [0.3, 0.4) is 0 Å².